The van der Waals surface area contributed by atoms with Crippen LogP contribution in [0, 0.1) is 6.92 Å². The fourth-order valence-corrected chi connectivity index (χ4v) is 1.95. The molecule has 68 valence electrons. The summed E-state index contributed by atoms with van der Waals surface area (Å²) in [6.07, 6.45) is 4.16. The zero-order chi connectivity index (χ0) is 9.26. The molecule has 1 aromatic rings. The number of carbonyl (C=O) groups is 1. The van der Waals surface area contributed by atoms with Crippen molar-refractivity contribution < 1.29 is 4.79 Å². The molecule has 0 amide bonds. The molecule has 2 nitrogen and oxygen atoms in total. The molecule has 1 atom stereocenters. The van der Waals surface area contributed by atoms with Gasteiger partial charge in [-0.3, -0.25) is 4.98 Å². The Kier molecular flexibility index (Phi) is 2.13. The fraction of sp³-hybridized carbons (Fsp3) is 0.455. The van der Waals surface area contributed by atoms with Gasteiger partial charge in [-0.15, -0.1) is 0 Å². The molecule has 1 aliphatic rings. The van der Waals surface area contributed by atoms with Crippen LogP contribution in [0.25, 0.3) is 0 Å². The highest BCUT2D eigenvalue weighted by Gasteiger charge is 2.20. The van der Waals surface area contributed by atoms with E-state index in [2.05, 4.69) is 11.1 Å². The SMILES string of the molecule is Cc1ccc2c(n1)CCCC2C=O. The van der Waals surface area contributed by atoms with Crippen molar-refractivity contribution in [3.8, 4) is 0 Å². The maximum atomic E-state index is 10.8. The molecule has 2 heteroatoms. The molecule has 0 fully saturated rings. The van der Waals surface area contributed by atoms with E-state index in [0.717, 1.165) is 42.5 Å². The molecule has 0 bridgehead atoms. The van der Waals surface area contributed by atoms with Crippen LogP contribution >= 0.6 is 0 Å². The van der Waals surface area contributed by atoms with Crippen LogP contribution in [0.15, 0.2) is 12.1 Å². The van der Waals surface area contributed by atoms with Crippen LogP contribution in [0.3, 0.4) is 0 Å². The normalized spacial score (nSPS) is 20.8. The lowest BCUT2D eigenvalue weighted by Crippen LogP contribution is -2.12. The van der Waals surface area contributed by atoms with Crippen LogP contribution in [-0.2, 0) is 11.2 Å². The Hall–Kier alpha value is -1.18. The summed E-state index contributed by atoms with van der Waals surface area (Å²) in [5, 5.41) is 0. The van der Waals surface area contributed by atoms with E-state index in [1.54, 1.807) is 0 Å². The standard InChI is InChI=1S/C11H13NO/c1-8-5-6-10-9(7-13)3-2-4-11(10)12-8/h5-7,9H,2-4H2,1H3. The highest BCUT2D eigenvalue weighted by Crippen LogP contribution is 2.28. The summed E-state index contributed by atoms with van der Waals surface area (Å²) in [6, 6.07) is 4.04. The Labute approximate surface area is 78.0 Å². The van der Waals surface area contributed by atoms with Crippen molar-refractivity contribution in [1.82, 2.24) is 4.98 Å². The van der Waals surface area contributed by atoms with Crippen molar-refractivity contribution in [2.24, 2.45) is 0 Å². The van der Waals surface area contributed by atoms with Gasteiger partial charge in [-0.1, -0.05) is 6.07 Å². The van der Waals surface area contributed by atoms with Gasteiger partial charge in [0.25, 0.3) is 0 Å². The van der Waals surface area contributed by atoms with Crippen LogP contribution in [-0.4, -0.2) is 11.3 Å². The zero-order valence-electron chi connectivity index (χ0n) is 7.79. The molecule has 0 radical (unpaired) electrons. The Bertz CT molecular complexity index is 333. The minimum atomic E-state index is 0.0943. The van der Waals surface area contributed by atoms with Gasteiger partial charge >= 0.3 is 0 Å². The summed E-state index contributed by atoms with van der Waals surface area (Å²) in [5.41, 5.74) is 3.32. The monoisotopic (exact) mass is 175 g/mol. The van der Waals surface area contributed by atoms with Crippen LogP contribution in [0.1, 0.15) is 35.7 Å². The summed E-state index contributed by atoms with van der Waals surface area (Å²) in [6.45, 7) is 1.99. The molecule has 1 aliphatic carbocycles. The molecule has 0 aliphatic heterocycles. The molecule has 0 spiro atoms. The summed E-state index contributed by atoms with van der Waals surface area (Å²) >= 11 is 0. The van der Waals surface area contributed by atoms with Gasteiger partial charge in [0.05, 0.1) is 0 Å². The third-order valence-corrected chi connectivity index (χ3v) is 2.64. The molecule has 13 heavy (non-hydrogen) atoms. The van der Waals surface area contributed by atoms with Gasteiger partial charge in [-0.2, -0.15) is 0 Å². The average molecular weight is 175 g/mol. The smallest absolute Gasteiger partial charge is 0.127 e. The quantitative estimate of drug-likeness (QED) is 0.611. The van der Waals surface area contributed by atoms with Crippen molar-refractivity contribution in [2.75, 3.05) is 0 Å². The molecule has 0 saturated carbocycles. The first-order valence-corrected chi connectivity index (χ1v) is 4.73. The van der Waals surface area contributed by atoms with E-state index in [1.807, 2.05) is 13.0 Å². The van der Waals surface area contributed by atoms with Crippen molar-refractivity contribution >= 4 is 6.29 Å². The molecule has 1 aromatic heterocycles. The van der Waals surface area contributed by atoms with Gasteiger partial charge < -0.3 is 4.79 Å². The topological polar surface area (TPSA) is 30.0 Å². The predicted octanol–water partition coefficient (Wildman–Crippen LogP) is 2.01. The number of fused-ring (bicyclic) bond motifs is 1. The highest BCUT2D eigenvalue weighted by atomic mass is 16.1. The summed E-state index contributed by atoms with van der Waals surface area (Å²) in [5.74, 6) is 0.0943. The lowest BCUT2D eigenvalue weighted by atomic mass is 9.86. The molecular weight excluding hydrogens is 162 g/mol. The van der Waals surface area contributed by atoms with Crippen molar-refractivity contribution in [3.05, 3.63) is 29.1 Å². The third kappa shape index (κ3) is 1.48. The second kappa shape index (κ2) is 3.29. The lowest BCUT2D eigenvalue weighted by molar-refractivity contribution is -0.109. The van der Waals surface area contributed by atoms with Gasteiger partial charge in [-0.05, 0) is 37.8 Å². The predicted molar refractivity (Wildman–Crippen MR) is 50.7 cm³/mol. The van der Waals surface area contributed by atoms with Crippen LogP contribution in [0.4, 0.5) is 0 Å². The summed E-state index contributed by atoms with van der Waals surface area (Å²) in [7, 11) is 0. The second-order valence-corrected chi connectivity index (χ2v) is 3.62. The van der Waals surface area contributed by atoms with E-state index in [0.29, 0.717) is 0 Å². The lowest BCUT2D eigenvalue weighted by Gasteiger charge is -2.20. The molecule has 1 unspecified atom stereocenters. The first-order valence-electron chi connectivity index (χ1n) is 4.73. The zero-order valence-corrected chi connectivity index (χ0v) is 7.79. The van der Waals surface area contributed by atoms with Gasteiger partial charge in [-0.25, -0.2) is 0 Å². The number of aldehydes is 1. The largest absolute Gasteiger partial charge is 0.303 e. The molecule has 0 saturated heterocycles. The van der Waals surface area contributed by atoms with E-state index in [9.17, 15) is 4.79 Å². The van der Waals surface area contributed by atoms with E-state index in [-0.39, 0.29) is 5.92 Å². The maximum absolute atomic E-state index is 10.8. The summed E-state index contributed by atoms with van der Waals surface area (Å²) < 4.78 is 0. The van der Waals surface area contributed by atoms with Crippen molar-refractivity contribution in [3.63, 3.8) is 0 Å². The fourth-order valence-electron chi connectivity index (χ4n) is 1.95. The molecule has 1 heterocycles. The maximum Gasteiger partial charge on any atom is 0.127 e. The number of hydrogen-bond donors (Lipinski definition) is 0. The number of aromatic nitrogens is 1. The minimum Gasteiger partial charge on any atom is -0.303 e. The number of carbonyl (C=O) groups excluding carboxylic acids is 1. The molecule has 0 N–H and O–H groups in total. The number of aryl methyl sites for hydroxylation is 2. The Balaban J connectivity index is 2.45. The number of rotatable bonds is 1. The number of hydrogen-bond acceptors (Lipinski definition) is 2. The highest BCUT2D eigenvalue weighted by molar-refractivity contribution is 5.63. The van der Waals surface area contributed by atoms with Crippen LogP contribution < -0.4 is 0 Å². The Morgan fingerprint density at radius 2 is 2.38 bits per heavy atom. The van der Waals surface area contributed by atoms with Gasteiger partial charge in [0, 0.05) is 17.3 Å². The third-order valence-electron chi connectivity index (χ3n) is 2.64. The minimum absolute atomic E-state index is 0.0943. The van der Waals surface area contributed by atoms with E-state index < -0.39 is 0 Å². The average Bonchev–Trinajstić information content (AvgIpc) is 2.16. The van der Waals surface area contributed by atoms with E-state index >= 15 is 0 Å². The molecule has 2 rings (SSSR count). The Morgan fingerprint density at radius 3 is 3.15 bits per heavy atom. The van der Waals surface area contributed by atoms with Gasteiger partial charge in [0.1, 0.15) is 6.29 Å². The van der Waals surface area contributed by atoms with E-state index in [1.165, 1.54) is 0 Å². The first kappa shape index (κ1) is 8.42. The number of pyridine rings is 1. The Morgan fingerprint density at radius 1 is 1.54 bits per heavy atom. The molecular formula is C11H13NO. The van der Waals surface area contributed by atoms with Crippen LogP contribution in [0.2, 0.25) is 0 Å². The van der Waals surface area contributed by atoms with Gasteiger partial charge in [0.2, 0.25) is 0 Å². The first-order chi connectivity index (χ1) is 6.31. The van der Waals surface area contributed by atoms with Gasteiger partial charge in [0.15, 0.2) is 0 Å². The second-order valence-electron chi connectivity index (χ2n) is 3.62. The van der Waals surface area contributed by atoms with Crippen LogP contribution in [0.5, 0.6) is 0 Å². The molecule has 0 aromatic carbocycles. The number of nitrogens with zero attached hydrogens (tertiary/aromatic N) is 1. The van der Waals surface area contributed by atoms with E-state index in [4.69, 9.17) is 0 Å². The summed E-state index contributed by atoms with van der Waals surface area (Å²) in [4.78, 5) is 15.2. The van der Waals surface area contributed by atoms with Crippen molar-refractivity contribution in [1.29, 1.82) is 0 Å². The van der Waals surface area contributed by atoms with Crippen molar-refractivity contribution in [2.45, 2.75) is 32.1 Å².